The molecule has 1 N–H and O–H groups in total. The van der Waals surface area contributed by atoms with Crippen molar-refractivity contribution in [1.82, 2.24) is 4.13 Å². The van der Waals surface area contributed by atoms with Gasteiger partial charge in [-0.25, -0.2) is 8.42 Å². The van der Waals surface area contributed by atoms with Crippen molar-refractivity contribution >= 4 is 22.0 Å². The summed E-state index contributed by atoms with van der Waals surface area (Å²) in [6.07, 6.45) is 2.08. The monoisotopic (exact) mass is 259 g/mol. The van der Waals surface area contributed by atoms with E-state index in [0.29, 0.717) is 4.90 Å². The molecule has 1 rings (SSSR count). The van der Waals surface area contributed by atoms with Crippen LogP contribution in [0.5, 0.6) is 0 Å². The van der Waals surface area contributed by atoms with Crippen molar-refractivity contribution in [3.63, 3.8) is 0 Å². The van der Waals surface area contributed by atoms with Gasteiger partial charge in [0.15, 0.2) is 0 Å². The molecular formula is C11H17NO2S2. The van der Waals surface area contributed by atoms with Gasteiger partial charge in [-0.05, 0) is 25.5 Å². The van der Waals surface area contributed by atoms with Crippen LogP contribution in [0.3, 0.4) is 0 Å². The summed E-state index contributed by atoms with van der Waals surface area (Å²) in [5, 5.41) is 0. The first kappa shape index (κ1) is 13.5. The minimum atomic E-state index is -3.34. The molecule has 0 aromatic heterocycles. The van der Waals surface area contributed by atoms with E-state index in [-0.39, 0.29) is 0 Å². The summed E-state index contributed by atoms with van der Waals surface area (Å²) in [5.74, 6) is 0.807. The summed E-state index contributed by atoms with van der Waals surface area (Å²) in [5.41, 5.74) is 1.05. The molecule has 90 valence electrons. The van der Waals surface area contributed by atoms with Gasteiger partial charge in [-0.1, -0.05) is 43.0 Å². The second-order valence-electron chi connectivity index (χ2n) is 3.60. The van der Waals surface area contributed by atoms with Crippen LogP contribution in [0.1, 0.15) is 25.3 Å². The van der Waals surface area contributed by atoms with E-state index in [2.05, 4.69) is 11.1 Å². The Hall–Kier alpha value is -0.520. The number of sulfonamides is 1. The minimum Gasteiger partial charge on any atom is -0.206 e. The highest BCUT2D eigenvalue weighted by molar-refractivity contribution is 8.09. The maximum atomic E-state index is 11.8. The van der Waals surface area contributed by atoms with Gasteiger partial charge in [0, 0.05) is 5.75 Å². The second-order valence-corrected chi connectivity index (χ2v) is 6.44. The molecule has 1 aromatic carbocycles. The summed E-state index contributed by atoms with van der Waals surface area (Å²) in [6, 6.07) is 6.84. The van der Waals surface area contributed by atoms with Gasteiger partial charge < -0.3 is 0 Å². The lowest BCUT2D eigenvalue weighted by molar-refractivity contribution is 0.594. The van der Waals surface area contributed by atoms with E-state index in [1.54, 1.807) is 24.3 Å². The van der Waals surface area contributed by atoms with Gasteiger partial charge >= 0.3 is 0 Å². The molecule has 0 heterocycles. The first-order valence-corrected chi connectivity index (χ1v) is 7.73. The molecule has 16 heavy (non-hydrogen) atoms. The maximum absolute atomic E-state index is 11.8. The third-order valence-corrected chi connectivity index (χ3v) is 4.83. The summed E-state index contributed by atoms with van der Waals surface area (Å²) in [4.78, 5) is 0.321. The molecule has 0 fully saturated rings. The zero-order valence-corrected chi connectivity index (χ0v) is 11.2. The topological polar surface area (TPSA) is 46.2 Å². The lowest BCUT2D eigenvalue weighted by atomic mass is 10.2. The van der Waals surface area contributed by atoms with Crippen molar-refractivity contribution in [2.24, 2.45) is 0 Å². The first-order chi connectivity index (χ1) is 7.56. The van der Waals surface area contributed by atoms with Crippen LogP contribution in [0.4, 0.5) is 0 Å². The molecular weight excluding hydrogens is 242 g/mol. The predicted molar refractivity (Wildman–Crippen MR) is 68.9 cm³/mol. The van der Waals surface area contributed by atoms with E-state index >= 15 is 0 Å². The van der Waals surface area contributed by atoms with Crippen LogP contribution in [0, 0.1) is 6.92 Å². The summed E-state index contributed by atoms with van der Waals surface area (Å²) in [7, 11) is -3.34. The van der Waals surface area contributed by atoms with Gasteiger partial charge in [-0.15, -0.1) is 0 Å². The largest absolute Gasteiger partial charge is 0.249 e. The number of aryl methyl sites for hydroxylation is 1. The fourth-order valence-corrected chi connectivity index (χ4v) is 3.37. The standard InChI is InChI=1S/C11H17NO2S2/c1-3-4-9-15-12-16(13,14)11-7-5-10(2)6-8-11/h5-8,12H,3-4,9H2,1-2H3. The maximum Gasteiger partial charge on any atom is 0.249 e. The number of hydrogen-bond acceptors (Lipinski definition) is 3. The number of nitrogens with one attached hydrogen (secondary N) is 1. The fourth-order valence-electron chi connectivity index (χ4n) is 1.10. The summed E-state index contributed by atoms with van der Waals surface area (Å²) < 4.78 is 26.1. The van der Waals surface area contributed by atoms with Crippen molar-refractivity contribution in [1.29, 1.82) is 0 Å². The normalized spacial score (nSPS) is 11.6. The third-order valence-electron chi connectivity index (χ3n) is 2.10. The van der Waals surface area contributed by atoms with Gasteiger partial charge in [-0.2, -0.15) is 4.13 Å². The molecule has 0 aliphatic rings. The van der Waals surface area contributed by atoms with Gasteiger partial charge in [0.05, 0.1) is 4.90 Å². The molecule has 0 saturated heterocycles. The molecule has 0 atom stereocenters. The SMILES string of the molecule is CCCCSNS(=O)(=O)c1ccc(C)cc1. The average molecular weight is 259 g/mol. The predicted octanol–water partition coefficient (Wildman–Crippen LogP) is 2.72. The Morgan fingerprint density at radius 3 is 2.44 bits per heavy atom. The van der Waals surface area contributed by atoms with E-state index in [4.69, 9.17) is 0 Å². The molecule has 0 saturated carbocycles. The Morgan fingerprint density at radius 2 is 1.88 bits per heavy atom. The Labute approximate surface area is 102 Å². The summed E-state index contributed by atoms with van der Waals surface area (Å²) >= 11 is 1.25. The zero-order valence-electron chi connectivity index (χ0n) is 9.56. The molecule has 0 spiro atoms. The van der Waals surface area contributed by atoms with Gasteiger partial charge in [0.1, 0.15) is 0 Å². The van der Waals surface area contributed by atoms with Crippen molar-refractivity contribution in [2.45, 2.75) is 31.6 Å². The Balaban J connectivity index is 2.60. The molecule has 0 aliphatic heterocycles. The third kappa shape index (κ3) is 4.15. The van der Waals surface area contributed by atoms with Crippen LogP contribution < -0.4 is 4.13 Å². The van der Waals surface area contributed by atoms with Crippen LogP contribution in [-0.4, -0.2) is 14.2 Å². The second kappa shape index (κ2) is 6.27. The zero-order chi connectivity index (χ0) is 12.0. The first-order valence-electron chi connectivity index (χ1n) is 5.26. The Morgan fingerprint density at radius 1 is 1.25 bits per heavy atom. The van der Waals surface area contributed by atoms with E-state index in [0.717, 1.165) is 24.2 Å². The molecule has 0 radical (unpaired) electrons. The van der Waals surface area contributed by atoms with E-state index in [1.807, 2.05) is 6.92 Å². The molecule has 3 nitrogen and oxygen atoms in total. The van der Waals surface area contributed by atoms with Crippen molar-refractivity contribution in [3.05, 3.63) is 29.8 Å². The molecule has 5 heteroatoms. The van der Waals surface area contributed by atoms with Crippen LogP contribution in [0.15, 0.2) is 29.2 Å². The lowest BCUT2D eigenvalue weighted by Gasteiger charge is -2.05. The Kier molecular flexibility index (Phi) is 5.31. The number of benzene rings is 1. The van der Waals surface area contributed by atoms with E-state index in [9.17, 15) is 8.42 Å². The van der Waals surface area contributed by atoms with Crippen LogP contribution >= 0.6 is 11.9 Å². The van der Waals surface area contributed by atoms with Gasteiger partial charge in [0.25, 0.3) is 0 Å². The van der Waals surface area contributed by atoms with Crippen molar-refractivity contribution in [2.75, 3.05) is 5.75 Å². The lowest BCUT2D eigenvalue weighted by Crippen LogP contribution is -2.17. The van der Waals surface area contributed by atoms with Crippen molar-refractivity contribution in [3.8, 4) is 0 Å². The Bertz CT molecular complexity index is 412. The number of hydrogen-bond donors (Lipinski definition) is 1. The number of rotatable bonds is 6. The number of unbranched alkanes of at least 4 members (excludes halogenated alkanes) is 1. The quantitative estimate of drug-likeness (QED) is 0.631. The molecule has 1 aromatic rings. The van der Waals surface area contributed by atoms with Crippen LogP contribution in [0.2, 0.25) is 0 Å². The van der Waals surface area contributed by atoms with Crippen LogP contribution in [0.25, 0.3) is 0 Å². The van der Waals surface area contributed by atoms with Gasteiger partial charge in [-0.3, -0.25) is 0 Å². The van der Waals surface area contributed by atoms with E-state index < -0.39 is 10.0 Å². The minimum absolute atomic E-state index is 0.321. The highest BCUT2D eigenvalue weighted by Crippen LogP contribution is 2.12. The summed E-state index contributed by atoms with van der Waals surface area (Å²) in [6.45, 7) is 4.01. The average Bonchev–Trinajstić information content (AvgIpc) is 2.25. The smallest absolute Gasteiger partial charge is 0.206 e. The fraction of sp³-hybridized carbons (Fsp3) is 0.455. The molecule has 0 unspecified atom stereocenters. The molecule has 0 aliphatic carbocycles. The molecule has 0 bridgehead atoms. The van der Waals surface area contributed by atoms with Gasteiger partial charge in [0.2, 0.25) is 10.0 Å². The van der Waals surface area contributed by atoms with Crippen LogP contribution in [-0.2, 0) is 10.0 Å². The highest BCUT2D eigenvalue weighted by Gasteiger charge is 2.12. The van der Waals surface area contributed by atoms with Crippen molar-refractivity contribution < 1.29 is 8.42 Å². The van der Waals surface area contributed by atoms with E-state index in [1.165, 1.54) is 11.9 Å². The highest BCUT2D eigenvalue weighted by atomic mass is 32.3. The molecule has 0 amide bonds.